The average Bonchev–Trinajstić information content (AvgIpc) is 2.60. The van der Waals surface area contributed by atoms with Crippen LogP contribution in [-0.2, 0) is 11.8 Å². The van der Waals surface area contributed by atoms with Crippen LogP contribution in [-0.4, -0.2) is 58.8 Å². The second-order valence-corrected chi connectivity index (χ2v) is 4.52. The monoisotopic (exact) mass is 268 g/mol. The molecule has 0 saturated heterocycles. The lowest BCUT2D eigenvalue weighted by Gasteiger charge is -2.24. The van der Waals surface area contributed by atoms with Crippen molar-refractivity contribution in [3.63, 3.8) is 0 Å². The van der Waals surface area contributed by atoms with E-state index in [9.17, 15) is 14.7 Å². The molecular formula is C12H20N4O3. The summed E-state index contributed by atoms with van der Waals surface area (Å²) in [6.45, 7) is 4.17. The molecule has 0 bridgehead atoms. The summed E-state index contributed by atoms with van der Waals surface area (Å²) in [7, 11) is 5.02. The van der Waals surface area contributed by atoms with E-state index in [-0.39, 0.29) is 18.0 Å². The molecular weight excluding hydrogens is 248 g/mol. The molecule has 1 N–H and O–H groups in total. The predicted octanol–water partition coefficient (Wildman–Crippen LogP) is 0.341. The van der Waals surface area contributed by atoms with Gasteiger partial charge in [-0.05, 0) is 13.8 Å². The van der Waals surface area contributed by atoms with Gasteiger partial charge in [-0.2, -0.15) is 5.10 Å². The lowest BCUT2D eigenvalue weighted by atomic mass is 10.2. The van der Waals surface area contributed by atoms with Crippen molar-refractivity contribution >= 4 is 17.7 Å². The third-order valence-corrected chi connectivity index (χ3v) is 2.91. The fourth-order valence-electron chi connectivity index (χ4n) is 1.90. The van der Waals surface area contributed by atoms with Crippen molar-refractivity contribution in [3.8, 4) is 0 Å². The summed E-state index contributed by atoms with van der Waals surface area (Å²) < 4.78 is 1.51. The Morgan fingerprint density at radius 2 is 1.95 bits per heavy atom. The second kappa shape index (κ2) is 5.73. The predicted molar refractivity (Wildman–Crippen MR) is 71.5 cm³/mol. The number of aromatic nitrogens is 2. The normalized spacial score (nSPS) is 10.4. The van der Waals surface area contributed by atoms with Gasteiger partial charge < -0.3 is 14.9 Å². The third-order valence-electron chi connectivity index (χ3n) is 2.91. The van der Waals surface area contributed by atoms with Gasteiger partial charge in [-0.1, -0.05) is 0 Å². The molecule has 1 rings (SSSR count). The van der Waals surface area contributed by atoms with Crippen LogP contribution in [0.25, 0.3) is 0 Å². The molecule has 0 fully saturated rings. The highest BCUT2D eigenvalue weighted by Gasteiger charge is 2.25. The molecule has 0 spiro atoms. The lowest BCUT2D eigenvalue weighted by molar-refractivity contribution is -0.127. The summed E-state index contributed by atoms with van der Waals surface area (Å²) in [6, 6.07) is 0. The summed E-state index contributed by atoms with van der Waals surface area (Å²) in [6.07, 6.45) is 0. The van der Waals surface area contributed by atoms with Crippen molar-refractivity contribution in [1.82, 2.24) is 14.7 Å². The van der Waals surface area contributed by atoms with Crippen molar-refractivity contribution in [1.29, 1.82) is 0 Å². The molecule has 0 aliphatic carbocycles. The highest BCUT2D eigenvalue weighted by Crippen LogP contribution is 2.23. The molecule has 0 atom stereocenters. The molecule has 0 aliphatic heterocycles. The van der Waals surface area contributed by atoms with Crippen LogP contribution >= 0.6 is 0 Å². The number of carboxylic acids is 1. The van der Waals surface area contributed by atoms with E-state index in [0.29, 0.717) is 18.1 Å². The Balaban J connectivity index is 3.18. The van der Waals surface area contributed by atoms with Crippen LogP contribution in [0.4, 0.5) is 5.82 Å². The molecule has 7 heteroatoms. The fourth-order valence-corrected chi connectivity index (χ4v) is 1.90. The van der Waals surface area contributed by atoms with Crippen molar-refractivity contribution in [3.05, 3.63) is 11.3 Å². The van der Waals surface area contributed by atoms with Gasteiger partial charge in [0.2, 0.25) is 5.91 Å². The number of nitrogens with zero attached hydrogens (tertiary/aromatic N) is 4. The van der Waals surface area contributed by atoms with E-state index in [1.165, 1.54) is 9.58 Å². The highest BCUT2D eigenvalue weighted by atomic mass is 16.4. The number of carbonyl (C=O) groups is 2. The number of carboxylic acid groups (broad SMARTS) is 1. The number of hydrogen-bond donors (Lipinski definition) is 1. The SMILES string of the molecule is CCN(CC(=O)N(C)C)c1c(C(=O)O)c(C)nn1C. The Morgan fingerprint density at radius 1 is 1.37 bits per heavy atom. The van der Waals surface area contributed by atoms with Gasteiger partial charge in [0.25, 0.3) is 0 Å². The zero-order valence-electron chi connectivity index (χ0n) is 12.0. The van der Waals surface area contributed by atoms with Crippen LogP contribution < -0.4 is 4.90 Å². The molecule has 106 valence electrons. The molecule has 1 aromatic rings. The second-order valence-electron chi connectivity index (χ2n) is 4.52. The van der Waals surface area contributed by atoms with E-state index >= 15 is 0 Å². The van der Waals surface area contributed by atoms with Crippen molar-refractivity contribution in [2.75, 3.05) is 32.1 Å². The van der Waals surface area contributed by atoms with Gasteiger partial charge in [0.1, 0.15) is 11.4 Å². The molecule has 1 aromatic heterocycles. The Morgan fingerprint density at radius 3 is 2.37 bits per heavy atom. The maximum absolute atomic E-state index is 11.8. The smallest absolute Gasteiger partial charge is 0.341 e. The van der Waals surface area contributed by atoms with Gasteiger partial charge in [-0.3, -0.25) is 9.48 Å². The summed E-state index contributed by atoms with van der Waals surface area (Å²) >= 11 is 0. The van der Waals surface area contributed by atoms with E-state index in [0.717, 1.165) is 0 Å². The minimum atomic E-state index is -1.03. The Hall–Kier alpha value is -2.05. The number of amides is 1. The minimum absolute atomic E-state index is 0.0861. The summed E-state index contributed by atoms with van der Waals surface area (Å²) in [5, 5.41) is 13.4. The van der Waals surface area contributed by atoms with Crippen molar-refractivity contribution in [2.45, 2.75) is 13.8 Å². The van der Waals surface area contributed by atoms with Crippen LogP contribution in [0.3, 0.4) is 0 Å². The Labute approximate surface area is 112 Å². The zero-order valence-corrected chi connectivity index (χ0v) is 12.0. The molecule has 0 saturated carbocycles. The van der Waals surface area contributed by atoms with Gasteiger partial charge in [0.15, 0.2) is 0 Å². The van der Waals surface area contributed by atoms with Crippen LogP contribution in [0.1, 0.15) is 23.0 Å². The van der Waals surface area contributed by atoms with Crippen LogP contribution in [0.2, 0.25) is 0 Å². The number of aromatic carboxylic acids is 1. The standard InChI is InChI=1S/C12H20N4O3/c1-6-16(7-9(17)14(3)4)11-10(12(18)19)8(2)13-15(11)5/h6-7H2,1-5H3,(H,18,19). The van der Waals surface area contributed by atoms with Gasteiger partial charge in [0, 0.05) is 27.7 Å². The van der Waals surface area contributed by atoms with Crippen molar-refractivity contribution in [2.24, 2.45) is 7.05 Å². The largest absolute Gasteiger partial charge is 0.477 e. The maximum atomic E-state index is 11.8. The van der Waals surface area contributed by atoms with Gasteiger partial charge in [-0.25, -0.2) is 4.79 Å². The van der Waals surface area contributed by atoms with Gasteiger partial charge >= 0.3 is 5.97 Å². The number of aryl methyl sites for hydroxylation is 2. The number of hydrogen-bond acceptors (Lipinski definition) is 4. The van der Waals surface area contributed by atoms with Gasteiger partial charge in [0.05, 0.1) is 12.2 Å². The summed E-state index contributed by atoms with van der Waals surface area (Å²) in [4.78, 5) is 26.3. The molecule has 0 radical (unpaired) electrons. The zero-order chi connectivity index (χ0) is 14.7. The molecule has 0 unspecified atom stereocenters. The number of likely N-dealkylation sites (N-methyl/N-ethyl adjacent to an activating group) is 2. The Bertz CT molecular complexity index is 493. The fraction of sp³-hybridized carbons (Fsp3) is 0.583. The van der Waals surface area contributed by atoms with E-state index in [1.807, 2.05) is 6.92 Å². The van der Waals surface area contributed by atoms with Crippen LogP contribution in [0, 0.1) is 6.92 Å². The molecule has 7 nitrogen and oxygen atoms in total. The Kier molecular flexibility index (Phi) is 4.52. The molecule has 1 heterocycles. The van der Waals surface area contributed by atoms with E-state index in [1.54, 1.807) is 33.0 Å². The van der Waals surface area contributed by atoms with Crippen molar-refractivity contribution < 1.29 is 14.7 Å². The van der Waals surface area contributed by atoms with E-state index in [4.69, 9.17) is 0 Å². The van der Waals surface area contributed by atoms with Crippen LogP contribution in [0.15, 0.2) is 0 Å². The lowest BCUT2D eigenvalue weighted by Crippen LogP contribution is -2.38. The van der Waals surface area contributed by atoms with Gasteiger partial charge in [-0.15, -0.1) is 0 Å². The van der Waals surface area contributed by atoms with Crippen LogP contribution in [0.5, 0.6) is 0 Å². The average molecular weight is 268 g/mol. The minimum Gasteiger partial charge on any atom is -0.477 e. The summed E-state index contributed by atoms with van der Waals surface area (Å²) in [5.41, 5.74) is 0.594. The molecule has 0 aliphatic rings. The first kappa shape index (κ1) is 15.0. The summed E-state index contributed by atoms with van der Waals surface area (Å²) in [5.74, 6) is -0.656. The maximum Gasteiger partial charge on any atom is 0.341 e. The highest BCUT2D eigenvalue weighted by molar-refractivity contribution is 5.95. The first-order chi connectivity index (χ1) is 8.79. The molecule has 1 amide bonds. The topological polar surface area (TPSA) is 78.7 Å². The first-order valence-corrected chi connectivity index (χ1v) is 6.01. The third kappa shape index (κ3) is 3.04. The quantitative estimate of drug-likeness (QED) is 0.833. The number of rotatable bonds is 5. The van der Waals surface area contributed by atoms with E-state index < -0.39 is 5.97 Å². The molecule has 0 aromatic carbocycles. The molecule has 19 heavy (non-hydrogen) atoms. The first-order valence-electron chi connectivity index (χ1n) is 6.01. The number of anilines is 1. The number of carbonyl (C=O) groups excluding carboxylic acids is 1. The van der Waals surface area contributed by atoms with E-state index in [2.05, 4.69) is 5.10 Å².